The average molecular weight is 295 g/mol. The number of hydrogen-bond acceptors (Lipinski definition) is 5. The summed E-state index contributed by atoms with van der Waals surface area (Å²) in [4.78, 5) is 11.6. The average Bonchev–Trinajstić information content (AvgIpc) is 2.53. The Kier molecular flexibility index (Phi) is 7.61. The maximum absolute atomic E-state index is 11.6. The van der Waals surface area contributed by atoms with Crippen LogP contribution in [0.4, 0.5) is 0 Å². The number of esters is 1. The topological polar surface area (TPSA) is 56.8 Å². The van der Waals surface area contributed by atoms with Gasteiger partial charge in [0, 0.05) is 6.42 Å². The van der Waals surface area contributed by atoms with Crippen molar-refractivity contribution in [3.8, 4) is 11.5 Å². The minimum Gasteiger partial charge on any atom is -0.493 e. The summed E-state index contributed by atoms with van der Waals surface area (Å²) in [7, 11) is 3.01. The van der Waals surface area contributed by atoms with E-state index in [2.05, 4.69) is 12.2 Å². The highest BCUT2D eigenvalue weighted by atomic mass is 16.5. The van der Waals surface area contributed by atoms with E-state index in [1.807, 2.05) is 25.1 Å². The molecule has 0 aromatic heterocycles. The summed E-state index contributed by atoms with van der Waals surface area (Å²) < 4.78 is 15.8. The Bertz CT molecular complexity index is 448. The van der Waals surface area contributed by atoms with Crippen molar-refractivity contribution in [3.63, 3.8) is 0 Å². The normalized spacial score (nSPS) is 11.8. The van der Waals surface area contributed by atoms with Crippen LogP contribution in [0.2, 0.25) is 0 Å². The van der Waals surface area contributed by atoms with Gasteiger partial charge in [-0.1, -0.05) is 19.9 Å². The lowest BCUT2D eigenvalue weighted by atomic mass is 10.1. The summed E-state index contributed by atoms with van der Waals surface area (Å²) in [6, 6.07) is 5.54. The van der Waals surface area contributed by atoms with Gasteiger partial charge in [0.15, 0.2) is 11.5 Å². The van der Waals surface area contributed by atoms with Crippen LogP contribution in [0.3, 0.4) is 0 Å². The Labute approximate surface area is 126 Å². The third-order valence-corrected chi connectivity index (χ3v) is 3.24. The molecule has 0 bridgehead atoms. The van der Waals surface area contributed by atoms with E-state index in [0.29, 0.717) is 31.1 Å². The second kappa shape index (κ2) is 9.23. The molecule has 0 radical (unpaired) electrons. The number of aryl methyl sites for hydroxylation is 1. The molecular weight excluding hydrogens is 270 g/mol. The Balaban J connectivity index is 2.59. The number of carbonyl (C=O) groups is 1. The maximum Gasteiger partial charge on any atom is 0.322 e. The van der Waals surface area contributed by atoms with E-state index < -0.39 is 0 Å². The van der Waals surface area contributed by atoms with Gasteiger partial charge in [-0.05, 0) is 30.7 Å². The number of likely N-dealkylation sites (N-methyl/N-ethyl adjacent to an activating group) is 1. The van der Waals surface area contributed by atoms with E-state index in [4.69, 9.17) is 14.2 Å². The zero-order valence-corrected chi connectivity index (χ0v) is 13.3. The van der Waals surface area contributed by atoms with Crippen LogP contribution in [0.15, 0.2) is 18.2 Å². The summed E-state index contributed by atoms with van der Waals surface area (Å²) >= 11 is 0. The van der Waals surface area contributed by atoms with Gasteiger partial charge in [0.2, 0.25) is 0 Å². The molecule has 0 fully saturated rings. The van der Waals surface area contributed by atoms with Crippen molar-refractivity contribution in [2.24, 2.45) is 0 Å². The van der Waals surface area contributed by atoms with Crippen LogP contribution < -0.4 is 14.8 Å². The molecular formula is C16H25NO4. The zero-order chi connectivity index (χ0) is 15.7. The fourth-order valence-electron chi connectivity index (χ4n) is 2.03. The number of methoxy groups -OCH3 is 2. The van der Waals surface area contributed by atoms with Crippen molar-refractivity contribution in [1.82, 2.24) is 5.32 Å². The van der Waals surface area contributed by atoms with Crippen molar-refractivity contribution >= 4 is 5.97 Å². The third-order valence-electron chi connectivity index (χ3n) is 3.24. The second-order valence-electron chi connectivity index (χ2n) is 4.61. The van der Waals surface area contributed by atoms with Gasteiger partial charge in [0.25, 0.3) is 0 Å². The molecule has 0 saturated carbocycles. The van der Waals surface area contributed by atoms with Gasteiger partial charge in [-0.2, -0.15) is 0 Å². The number of rotatable bonds is 9. The second-order valence-corrected chi connectivity index (χ2v) is 4.61. The highest BCUT2D eigenvalue weighted by Gasteiger charge is 2.18. The van der Waals surface area contributed by atoms with Crippen LogP contribution >= 0.6 is 0 Å². The van der Waals surface area contributed by atoms with E-state index >= 15 is 0 Å². The van der Waals surface area contributed by atoms with Crippen molar-refractivity contribution in [3.05, 3.63) is 23.8 Å². The lowest BCUT2D eigenvalue weighted by Crippen LogP contribution is -2.38. The van der Waals surface area contributed by atoms with Gasteiger partial charge >= 0.3 is 5.97 Å². The highest BCUT2D eigenvalue weighted by Crippen LogP contribution is 2.28. The standard InChI is InChI=1S/C16H25NO4/c1-5-12-7-8-14(15(11-12)19-3)21-10-9-13(17-6-2)16(18)20-4/h7-8,11,13,17H,5-6,9-10H2,1-4H3. The minimum atomic E-state index is -0.346. The monoisotopic (exact) mass is 295 g/mol. The van der Waals surface area contributed by atoms with Crippen LogP contribution in [0, 0.1) is 0 Å². The van der Waals surface area contributed by atoms with Gasteiger partial charge in [-0.15, -0.1) is 0 Å². The molecule has 21 heavy (non-hydrogen) atoms. The molecule has 0 aliphatic heterocycles. The van der Waals surface area contributed by atoms with Crippen LogP contribution in [-0.2, 0) is 16.0 Å². The van der Waals surface area contributed by atoms with Crippen LogP contribution in [0.5, 0.6) is 11.5 Å². The summed E-state index contributed by atoms with van der Waals surface area (Å²) in [5, 5.41) is 3.08. The summed E-state index contributed by atoms with van der Waals surface area (Å²) in [5.74, 6) is 1.14. The molecule has 1 atom stereocenters. The number of nitrogens with one attached hydrogen (secondary N) is 1. The first kappa shape index (κ1) is 17.3. The molecule has 0 spiro atoms. The van der Waals surface area contributed by atoms with Crippen molar-refractivity contribution in [1.29, 1.82) is 0 Å². The first-order valence-corrected chi connectivity index (χ1v) is 7.27. The summed E-state index contributed by atoms with van der Waals surface area (Å²) in [6.07, 6.45) is 1.49. The lowest BCUT2D eigenvalue weighted by molar-refractivity contribution is -0.143. The Morgan fingerprint density at radius 3 is 2.57 bits per heavy atom. The fourth-order valence-corrected chi connectivity index (χ4v) is 2.03. The van der Waals surface area contributed by atoms with Crippen LogP contribution in [-0.4, -0.2) is 39.4 Å². The smallest absolute Gasteiger partial charge is 0.322 e. The van der Waals surface area contributed by atoms with Gasteiger partial charge in [-0.3, -0.25) is 4.79 Å². The molecule has 5 heteroatoms. The molecule has 0 amide bonds. The van der Waals surface area contributed by atoms with Gasteiger partial charge in [0.1, 0.15) is 6.04 Å². The number of ether oxygens (including phenoxy) is 3. The Hall–Kier alpha value is -1.75. The number of benzene rings is 1. The minimum absolute atomic E-state index is 0.270. The van der Waals surface area contributed by atoms with Crippen molar-refractivity contribution in [2.45, 2.75) is 32.7 Å². The summed E-state index contributed by atoms with van der Waals surface area (Å²) in [5.41, 5.74) is 1.19. The van der Waals surface area contributed by atoms with E-state index in [1.54, 1.807) is 7.11 Å². The van der Waals surface area contributed by atoms with Gasteiger partial charge < -0.3 is 19.5 Å². The molecule has 5 nitrogen and oxygen atoms in total. The molecule has 1 unspecified atom stereocenters. The predicted octanol–water partition coefficient (Wildman–Crippen LogP) is 2.18. The first-order chi connectivity index (χ1) is 10.2. The Morgan fingerprint density at radius 1 is 1.24 bits per heavy atom. The van der Waals surface area contributed by atoms with Crippen molar-refractivity contribution in [2.75, 3.05) is 27.4 Å². The molecule has 0 heterocycles. The molecule has 1 aromatic carbocycles. The lowest BCUT2D eigenvalue weighted by Gasteiger charge is -2.16. The molecule has 1 rings (SSSR count). The van der Waals surface area contributed by atoms with Crippen LogP contribution in [0.1, 0.15) is 25.8 Å². The molecule has 1 aromatic rings. The van der Waals surface area contributed by atoms with Crippen LogP contribution in [0.25, 0.3) is 0 Å². The largest absolute Gasteiger partial charge is 0.493 e. The fraction of sp³-hybridized carbons (Fsp3) is 0.562. The van der Waals surface area contributed by atoms with Gasteiger partial charge in [-0.25, -0.2) is 0 Å². The zero-order valence-electron chi connectivity index (χ0n) is 13.3. The maximum atomic E-state index is 11.6. The molecule has 1 N–H and O–H groups in total. The number of carbonyl (C=O) groups excluding carboxylic acids is 1. The first-order valence-electron chi connectivity index (χ1n) is 7.27. The quantitative estimate of drug-likeness (QED) is 0.708. The van der Waals surface area contributed by atoms with Crippen molar-refractivity contribution < 1.29 is 19.0 Å². The predicted molar refractivity (Wildman–Crippen MR) is 82.0 cm³/mol. The highest BCUT2D eigenvalue weighted by molar-refractivity contribution is 5.75. The molecule has 0 aliphatic rings. The van der Waals surface area contributed by atoms with E-state index in [0.717, 1.165) is 6.42 Å². The third kappa shape index (κ3) is 5.27. The molecule has 0 saturated heterocycles. The SMILES string of the molecule is CCNC(CCOc1ccc(CC)cc1OC)C(=O)OC. The summed E-state index contributed by atoms with van der Waals surface area (Å²) in [6.45, 7) is 5.15. The van der Waals surface area contributed by atoms with E-state index in [-0.39, 0.29) is 12.0 Å². The number of hydrogen-bond donors (Lipinski definition) is 1. The van der Waals surface area contributed by atoms with E-state index in [9.17, 15) is 4.79 Å². The Morgan fingerprint density at radius 2 is 2.00 bits per heavy atom. The molecule has 0 aliphatic carbocycles. The molecule has 118 valence electrons. The van der Waals surface area contributed by atoms with Gasteiger partial charge in [0.05, 0.1) is 20.8 Å². The van der Waals surface area contributed by atoms with E-state index in [1.165, 1.54) is 12.7 Å².